The van der Waals surface area contributed by atoms with Crippen LogP contribution in [0.1, 0.15) is 22.6 Å². The van der Waals surface area contributed by atoms with E-state index in [2.05, 4.69) is 16.3 Å². The Morgan fingerprint density at radius 1 is 1.29 bits per heavy atom. The average molecular weight is 412 g/mol. The Bertz CT molecular complexity index is 1590. The van der Waals surface area contributed by atoms with E-state index in [0.717, 1.165) is 0 Å². The predicted molar refractivity (Wildman–Crippen MR) is 108 cm³/mol. The van der Waals surface area contributed by atoms with Crippen LogP contribution in [-0.4, -0.2) is 19.7 Å². The second kappa shape index (κ2) is 5.58. The average Bonchev–Trinajstić information content (AvgIpc) is 3.25. The van der Waals surface area contributed by atoms with Crippen LogP contribution in [0.25, 0.3) is 16.6 Å². The number of nitrogens with one attached hydrogen (secondary N) is 1. The van der Waals surface area contributed by atoms with Crippen molar-refractivity contribution in [3.63, 3.8) is 0 Å². The number of nitrogens with two attached hydrogens (primary N) is 1. The molecule has 0 saturated carbocycles. The largest absolute Gasteiger partial charge is 0.420 e. The molecule has 2 aliphatic heterocycles. The molecule has 0 bridgehead atoms. The Morgan fingerprint density at radius 3 is 2.90 bits per heavy atom. The molecule has 150 valence electrons. The lowest BCUT2D eigenvalue weighted by Crippen LogP contribution is -2.38. The lowest BCUT2D eigenvalue weighted by atomic mass is 9.68. The first-order valence-electron chi connectivity index (χ1n) is 9.44. The fourth-order valence-corrected chi connectivity index (χ4v) is 4.75. The molecule has 0 fully saturated rings. The van der Waals surface area contributed by atoms with Gasteiger partial charge in [0.15, 0.2) is 0 Å². The summed E-state index contributed by atoms with van der Waals surface area (Å²) in [5, 5.41) is 17.6. The van der Waals surface area contributed by atoms with Crippen molar-refractivity contribution in [1.29, 1.82) is 5.26 Å². The highest BCUT2D eigenvalue weighted by molar-refractivity contribution is 5.81. The minimum Gasteiger partial charge on any atom is -0.420 e. The number of H-pyrrole nitrogens is 1. The standard InChI is InChI=1S/C22H13FN6O2/c1-10-17-19(28-27-10)31-18(25)14(9-24)22(17)13-8-11(23)6-7-16(13)29-20(30)12-4-2-3-5-15(12)26-21(22)29/h2-8H,25H2,1H3,(H,27,28). The maximum atomic E-state index is 14.5. The molecule has 2 aromatic carbocycles. The smallest absolute Gasteiger partial charge is 0.266 e. The molecule has 0 amide bonds. The van der Waals surface area contributed by atoms with Gasteiger partial charge in [0.2, 0.25) is 11.8 Å². The van der Waals surface area contributed by atoms with Gasteiger partial charge in [-0.2, -0.15) is 5.26 Å². The number of aromatic amines is 1. The lowest BCUT2D eigenvalue weighted by molar-refractivity contribution is 0.365. The van der Waals surface area contributed by atoms with Crippen LogP contribution in [-0.2, 0) is 5.41 Å². The number of aryl methyl sites for hydroxylation is 1. The van der Waals surface area contributed by atoms with Gasteiger partial charge in [0.05, 0.1) is 22.2 Å². The van der Waals surface area contributed by atoms with Crippen LogP contribution in [0.15, 0.2) is 58.7 Å². The first kappa shape index (κ1) is 17.4. The van der Waals surface area contributed by atoms with Crippen molar-refractivity contribution in [3.05, 3.63) is 92.7 Å². The van der Waals surface area contributed by atoms with Gasteiger partial charge in [0.25, 0.3) is 5.56 Å². The number of allylic oxidation sites excluding steroid dienone is 1. The third-order valence-corrected chi connectivity index (χ3v) is 5.94. The van der Waals surface area contributed by atoms with Crippen LogP contribution in [0.3, 0.4) is 0 Å². The van der Waals surface area contributed by atoms with E-state index in [0.29, 0.717) is 33.4 Å². The number of nitriles is 1. The van der Waals surface area contributed by atoms with Crippen molar-refractivity contribution in [1.82, 2.24) is 19.7 Å². The topological polar surface area (TPSA) is 123 Å². The third kappa shape index (κ3) is 1.89. The van der Waals surface area contributed by atoms with Gasteiger partial charge in [-0.1, -0.05) is 12.1 Å². The minimum absolute atomic E-state index is 0.0183. The summed E-state index contributed by atoms with van der Waals surface area (Å²) >= 11 is 0. The summed E-state index contributed by atoms with van der Waals surface area (Å²) < 4.78 is 21.6. The molecule has 0 aliphatic carbocycles. The van der Waals surface area contributed by atoms with E-state index in [1.165, 1.54) is 22.8 Å². The number of halogens is 1. The Morgan fingerprint density at radius 2 is 2.10 bits per heavy atom. The highest BCUT2D eigenvalue weighted by atomic mass is 19.1. The van der Waals surface area contributed by atoms with Gasteiger partial charge in [-0.05, 0) is 37.3 Å². The predicted octanol–water partition coefficient (Wildman–Crippen LogP) is 2.29. The van der Waals surface area contributed by atoms with E-state index in [-0.39, 0.29) is 28.7 Å². The zero-order chi connectivity index (χ0) is 21.5. The molecule has 1 atom stereocenters. The number of para-hydroxylation sites is 1. The molecule has 3 N–H and O–H groups in total. The molecule has 8 nitrogen and oxygen atoms in total. The molecule has 0 saturated heterocycles. The molecule has 6 rings (SSSR count). The van der Waals surface area contributed by atoms with Crippen molar-refractivity contribution < 1.29 is 9.13 Å². The number of rotatable bonds is 0. The summed E-state index contributed by atoms with van der Waals surface area (Å²) in [7, 11) is 0. The Hall–Kier alpha value is -4.45. The first-order valence-corrected chi connectivity index (χ1v) is 9.44. The molecule has 4 aromatic rings. The van der Waals surface area contributed by atoms with Crippen LogP contribution < -0.4 is 16.0 Å². The fraction of sp³-hybridized carbons (Fsp3) is 0.0909. The summed E-state index contributed by atoms with van der Waals surface area (Å²) in [6.07, 6.45) is 0. The van der Waals surface area contributed by atoms with Gasteiger partial charge in [-0.15, -0.1) is 5.10 Å². The second-order valence-corrected chi connectivity index (χ2v) is 7.49. The first-order chi connectivity index (χ1) is 15.0. The number of hydrogen-bond donors (Lipinski definition) is 2. The van der Waals surface area contributed by atoms with Crippen molar-refractivity contribution >= 4 is 10.9 Å². The van der Waals surface area contributed by atoms with Crippen molar-refractivity contribution in [2.24, 2.45) is 5.73 Å². The van der Waals surface area contributed by atoms with E-state index < -0.39 is 11.2 Å². The summed E-state index contributed by atoms with van der Waals surface area (Å²) in [6, 6.07) is 13.1. The molecule has 1 spiro atoms. The van der Waals surface area contributed by atoms with Gasteiger partial charge in [0, 0.05) is 11.3 Å². The van der Waals surface area contributed by atoms with Crippen LogP contribution in [0, 0.1) is 24.1 Å². The quantitative estimate of drug-likeness (QED) is 0.457. The number of nitrogens with zero attached hydrogens (tertiary/aromatic N) is 4. The third-order valence-electron chi connectivity index (χ3n) is 5.94. The van der Waals surface area contributed by atoms with E-state index in [1.54, 1.807) is 31.2 Å². The SMILES string of the molecule is Cc1[nH]nc2c1C1(C(C#N)=C(N)O2)c2cc(F)ccc2-n2c1nc1ccccc1c2=O. The Balaban J connectivity index is 1.93. The normalized spacial score (nSPS) is 18.5. The number of ether oxygens (including phenoxy) is 1. The highest BCUT2D eigenvalue weighted by Crippen LogP contribution is 2.56. The number of fused-ring (bicyclic) bond motifs is 8. The minimum atomic E-state index is -1.45. The molecular formula is C22H13FN6O2. The highest BCUT2D eigenvalue weighted by Gasteiger charge is 2.57. The van der Waals surface area contributed by atoms with E-state index in [4.69, 9.17) is 15.5 Å². The summed E-state index contributed by atoms with van der Waals surface area (Å²) in [6.45, 7) is 1.76. The molecule has 31 heavy (non-hydrogen) atoms. The maximum Gasteiger partial charge on any atom is 0.266 e. The van der Waals surface area contributed by atoms with Gasteiger partial charge in [-0.3, -0.25) is 14.5 Å². The molecule has 0 radical (unpaired) electrons. The molecular weight excluding hydrogens is 399 g/mol. The monoisotopic (exact) mass is 412 g/mol. The van der Waals surface area contributed by atoms with Crippen molar-refractivity contribution in [2.75, 3.05) is 0 Å². The number of hydrogen-bond acceptors (Lipinski definition) is 6. The van der Waals surface area contributed by atoms with Gasteiger partial charge in [-0.25, -0.2) is 9.37 Å². The Kier molecular flexibility index (Phi) is 3.13. The van der Waals surface area contributed by atoms with Crippen molar-refractivity contribution in [2.45, 2.75) is 12.3 Å². The number of aromatic nitrogens is 4. The van der Waals surface area contributed by atoms with Crippen LogP contribution in [0.2, 0.25) is 0 Å². The second-order valence-electron chi connectivity index (χ2n) is 7.49. The van der Waals surface area contributed by atoms with Gasteiger partial charge in [0.1, 0.15) is 28.7 Å². The zero-order valence-corrected chi connectivity index (χ0v) is 16.1. The van der Waals surface area contributed by atoms with E-state index >= 15 is 0 Å². The fourth-order valence-electron chi connectivity index (χ4n) is 4.75. The van der Waals surface area contributed by atoms with Gasteiger partial charge < -0.3 is 10.5 Å². The lowest BCUT2D eigenvalue weighted by Gasteiger charge is -2.33. The Labute approximate surface area is 174 Å². The summed E-state index contributed by atoms with van der Waals surface area (Å²) in [4.78, 5) is 18.3. The zero-order valence-electron chi connectivity index (χ0n) is 16.1. The summed E-state index contributed by atoms with van der Waals surface area (Å²) in [5.41, 5.74) is 6.69. The van der Waals surface area contributed by atoms with Crippen molar-refractivity contribution in [3.8, 4) is 17.6 Å². The summed E-state index contributed by atoms with van der Waals surface area (Å²) in [5.74, 6) is -0.299. The molecule has 2 aliphatic rings. The molecule has 1 unspecified atom stereocenters. The van der Waals surface area contributed by atoms with Crippen LogP contribution in [0.5, 0.6) is 5.88 Å². The molecule has 9 heteroatoms. The van der Waals surface area contributed by atoms with E-state index in [1.807, 2.05) is 0 Å². The van der Waals surface area contributed by atoms with Gasteiger partial charge >= 0.3 is 0 Å². The maximum absolute atomic E-state index is 14.5. The molecule has 2 aromatic heterocycles. The van der Waals surface area contributed by atoms with Crippen LogP contribution in [0.4, 0.5) is 4.39 Å². The molecule has 4 heterocycles. The van der Waals surface area contributed by atoms with Crippen LogP contribution >= 0.6 is 0 Å². The number of benzene rings is 2. The van der Waals surface area contributed by atoms with E-state index in [9.17, 15) is 14.4 Å².